The molecule has 1 fully saturated rings. The van der Waals surface area contributed by atoms with Gasteiger partial charge < -0.3 is 4.98 Å². The summed E-state index contributed by atoms with van der Waals surface area (Å²) in [4.78, 5) is 3.34. The number of fused-ring (bicyclic) bond motifs is 1. The molecule has 3 aromatic rings. The van der Waals surface area contributed by atoms with Crippen molar-refractivity contribution in [3.63, 3.8) is 0 Å². The molecule has 0 aliphatic carbocycles. The first-order chi connectivity index (χ1) is 13.2. The van der Waals surface area contributed by atoms with Gasteiger partial charge >= 0.3 is 0 Å². The SMILES string of the molecule is CNC1N[C@](C)(c2cc(-c3cc4ccccc4[nH]3)ccc2F)CS(=O)(=O)N1C. The lowest BCUT2D eigenvalue weighted by Crippen LogP contribution is -2.67. The second-order valence-electron chi connectivity index (χ2n) is 7.40. The molecule has 1 saturated heterocycles. The van der Waals surface area contributed by atoms with Gasteiger partial charge in [-0.15, -0.1) is 0 Å². The highest BCUT2D eigenvalue weighted by Gasteiger charge is 2.45. The molecule has 0 spiro atoms. The van der Waals surface area contributed by atoms with Gasteiger partial charge in [0.15, 0.2) is 0 Å². The molecule has 6 nitrogen and oxygen atoms in total. The maximum Gasteiger partial charge on any atom is 0.218 e. The van der Waals surface area contributed by atoms with Crippen molar-refractivity contribution in [3.05, 3.63) is 59.9 Å². The number of para-hydroxylation sites is 1. The number of aromatic nitrogens is 1. The average Bonchev–Trinajstić information content (AvgIpc) is 3.09. The Labute approximate surface area is 163 Å². The van der Waals surface area contributed by atoms with Gasteiger partial charge in [-0.1, -0.05) is 18.2 Å². The summed E-state index contributed by atoms with van der Waals surface area (Å²) >= 11 is 0. The number of aromatic amines is 1. The molecule has 1 aliphatic heterocycles. The molecule has 148 valence electrons. The van der Waals surface area contributed by atoms with E-state index in [1.165, 1.54) is 17.4 Å². The second kappa shape index (κ2) is 6.66. The molecule has 0 bridgehead atoms. The predicted octanol–water partition coefficient (Wildman–Crippen LogP) is 2.56. The molecule has 2 heterocycles. The van der Waals surface area contributed by atoms with Gasteiger partial charge in [0.2, 0.25) is 10.0 Å². The molecule has 2 aromatic carbocycles. The Morgan fingerprint density at radius 1 is 1.21 bits per heavy atom. The van der Waals surface area contributed by atoms with E-state index in [9.17, 15) is 12.8 Å². The molecular formula is C20H23FN4O2S. The van der Waals surface area contributed by atoms with E-state index in [1.807, 2.05) is 30.3 Å². The standard InChI is InChI=1S/C20H23FN4O2S/c1-20(12-28(26,27)25(3)19(22-2)24-20)15-10-14(8-9-16(15)21)18-11-13-6-4-5-7-17(13)23-18/h4-11,19,22-24H,12H2,1-3H3/t19?,20-/m0/s1. The minimum atomic E-state index is -3.56. The second-order valence-corrected chi connectivity index (χ2v) is 9.43. The first-order valence-electron chi connectivity index (χ1n) is 9.02. The van der Waals surface area contributed by atoms with Crippen LogP contribution in [0.1, 0.15) is 12.5 Å². The minimum absolute atomic E-state index is 0.234. The Balaban J connectivity index is 1.80. The van der Waals surface area contributed by atoms with Crippen molar-refractivity contribution < 1.29 is 12.8 Å². The van der Waals surface area contributed by atoms with Crippen molar-refractivity contribution >= 4 is 20.9 Å². The van der Waals surface area contributed by atoms with Gasteiger partial charge in [-0.3, -0.25) is 10.6 Å². The summed E-state index contributed by atoms with van der Waals surface area (Å²) in [5.41, 5.74) is 1.89. The van der Waals surface area contributed by atoms with Crippen LogP contribution in [0.4, 0.5) is 4.39 Å². The summed E-state index contributed by atoms with van der Waals surface area (Å²) in [6, 6.07) is 14.7. The summed E-state index contributed by atoms with van der Waals surface area (Å²) in [5.74, 6) is -0.675. The van der Waals surface area contributed by atoms with E-state index in [4.69, 9.17) is 0 Å². The van der Waals surface area contributed by atoms with E-state index in [2.05, 4.69) is 15.6 Å². The maximum atomic E-state index is 14.8. The van der Waals surface area contributed by atoms with E-state index in [0.717, 1.165) is 22.2 Å². The molecule has 0 amide bonds. The van der Waals surface area contributed by atoms with Crippen LogP contribution in [0.25, 0.3) is 22.2 Å². The van der Waals surface area contributed by atoms with E-state index in [-0.39, 0.29) is 5.75 Å². The molecule has 1 unspecified atom stereocenters. The number of nitrogens with one attached hydrogen (secondary N) is 3. The Morgan fingerprint density at radius 2 is 1.96 bits per heavy atom. The number of hydrogen-bond acceptors (Lipinski definition) is 4. The molecule has 0 saturated carbocycles. The lowest BCUT2D eigenvalue weighted by molar-refractivity contribution is 0.184. The molecule has 2 atom stereocenters. The summed E-state index contributed by atoms with van der Waals surface area (Å²) in [5, 5.41) is 7.22. The monoisotopic (exact) mass is 402 g/mol. The quantitative estimate of drug-likeness (QED) is 0.629. The topological polar surface area (TPSA) is 77.2 Å². The van der Waals surface area contributed by atoms with Crippen LogP contribution in [-0.2, 0) is 15.6 Å². The summed E-state index contributed by atoms with van der Waals surface area (Å²) in [6.07, 6.45) is -0.625. The van der Waals surface area contributed by atoms with E-state index < -0.39 is 27.7 Å². The van der Waals surface area contributed by atoms with Gasteiger partial charge in [0.25, 0.3) is 0 Å². The van der Waals surface area contributed by atoms with Crippen molar-refractivity contribution in [3.8, 4) is 11.3 Å². The minimum Gasteiger partial charge on any atom is -0.355 e. The fourth-order valence-corrected chi connectivity index (χ4v) is 5.47. The normalized spacial score (nSPS) is 25.2. The average molecular weight is 402 g/mol. The van der Waals surface area contributed by atoms with Crippen LogP contribution in [0.3, 0.4) is 0 Å². The van der Waals surface area contributed by atoms with Crippen LogP contribution in [-0.4, -0.2) is 43.8 Å². The van der Waals surface area contributed by atoms with Crippen molar-refractivity contribution in [1.29, 1.82) is 0 Å². The van der Waals surface area contributed by atoms with Crippen LogP contribution >= 0.6 is 0 Å². The first kappa shape index (κ1) is 19.1. The van der Waals surface area contributed by atoms with Crippen molar-refractivity contribution in [1.82, 2.24) is 19.9 Å². The Bertz CT molecular complexity index is 1110. The number of sulfonamides is 1. The highest BCUT2D eigenvalue weighted by molar-refractivity contribution is 7.89. The first-order valence-corrected chi connectivity index (χ1v) is 10.6. The van der Waals surface area contributed by atoms with Crippen molar-refractivity contribution in [2.24, 2.45) is 0 Å². The van der Waals surface area contributed by atoms with Gasteiger partial charge in [0.1, 0.15) is 12.1 Å². The zero-order valence-corrected chi connectivity index (χ0v) is 16.8. The van der Waals surface area contributed by atoms with Crippen molar-refractivity contribution in [2.45, 2.75) is 18.8 Å². The van der Waals surface area contributed by atoms with Crippen LogP contribution in [0.15, 0.2) is 48.5 Å². The fraction of sp³-hybridized carbons (Fsp3) is 0.300. The number of rotatable bonds is 3. The molecule has 8 heteroatoms. The van der Waals surface area contributed by atoms with Gasteiger partial charge in [0.05, 0.1) is 11.3 Å². The number of hydrogen-bond donors (Lipinski definition) is 3. The molecular weight excluding hydrogens is 379 g/mol. The molecule has 1 aromatic heterocycles. The van der Waals surface area contributed by atoms with Gasteiger partial charge in [-0.25, -0.2) is 12.8 Å². The highest BCUT2D eigenvalue weighted by atomic mass is 32.2. The maximum absolute atomic E-state index is 14.8. The zero-order valence-electron chi connectivity index (χ0n) is 16.0. The Morgan fingerprint density at radius 3 is 2.68 bits per heavy atom. The summed E-state index contributed by atoms with van der Waals surface area (Å²) in [7, 11) is -0.400. The Hall–Kier alpha value is -2.26. The number of halogens is 1. The smallest absolute Gasteiger partial charge is 0.218 e. The van der Waals surface area contributed by atoms with E-state index >= 15 is 0 Å². The third-order valence-corrected chi connectivity index (χ3v) is 7.43. The lowest BCUT2D eigenvalue weighted by Gasteiger charge is -2.44. The molecule has 28 heavy (non-hydrogen) atoms. The molecule has 4 rings (SSSR count). The molecule has 1 aliphatic rings. The van der Waals surface area contributed by atoms with Crippen molar-refractivity contribution in [2.75, 3.05) is 19.8 Å². The summed E-state index contributed by atoms with van der Waals surface area (Å²) < 4.78 is 41.3. The van der Waals surface area contributed by atoms with Crippen LogP contribution in [0.5, 0.6) is 0 Å². The largest absolute Gasteiger partial charge is 0.355 e. The Kier molecular flexibility index (Phi) is 4.54. The number of H-pyrrole nitrogens is 1. The van der Waals surface area contributed by atoms with Crippen LogP contribution < -0.4 is 10.6 Å². The van der Waals surface area contributed by atoms with Gasteiger partial charge in [-0.2, -0.15) is 4.31 Å². The molecule has 3 N–H and O–H groups in total. The molecule has 0 radical (unpaired) electrons. The van der Waals surface area contributed by atoms with Gasteiger partial charge in [-0.05, 0) is 49.9 Å². The summed E-state index contributed by atoms with van der Waals surface area (Å²) in [6.45, 7) is 1.72. The van der Waals surface area contributed by atoms with Crippen LogP contribution in [0, 0.1) is 5.82 Å². The number of nitrogens with zero attached hydrogens (tertiary/aromatic N) is 1. The van der Waals surface area contributed by atoms with E-state index in [1.54, 1.807) is 26.1 Å². The zero-order chi connectivity index (χ0) is 20.1. The lowest BCUT2D eigenvalue weighted by atomic mass is 9.91. The third-order valence-electron chi connectivity index (χ3n) is 5.40. The fourth-order valence-electron chi connectivity index (χ4n) is 3.82. The van der Waals surface area contributed by atoms with E-state index in [0.29, 0.717) is 5.56 Å². The predicted molar refractivity (Wildman–Crippen MR) is 109 cm³/mol. The number of benzene rings is 2. The van der Waals surface area contributed by atoms with Gasteiger partial charge in [0, 0.05) is 29.2 Å². The van der Waals surface area contributed by atoms with Crippen LogP contribution in [0.2, 0.25) is 0 Å². The third kappa shape index (κ3) is 3.12. The highest BCUT2D eigenvalue weighted by Crippen LogP contribution is 2.34.